The SMILES string of the molecule is CN1CCC2(C)CC(C1)C(O)c1ccccc12. The summed E-state index contributed by atoms with van der Waals surface area (Å²) in [5.41, 5.74) is 2.80. The van der Waals surface area contributed by atoms with Crippen LogP contribution in [0.25, 0.3) is 0 Å². The highest BCUT2D eigenvalue weighted by Gasteiger charge is 2.42. The highest BCUT2D eigenvalue weighted by atomic mass is 16.3. The van der Waals surface area contributed by atoms with E-state index in [9.17, 15) is 5.11 Å². The maximum Gasteiger partial charge on any atom is 0.0833 e. The van der Waals surface area contributed by atoms with E-state index in [1.807, 2.05) is 6.07 Å². The smallest absolute Gasteiger partial charge is 0.0833 e. The van der Waals surface area contributed by atoms with Crippen LogP contribution < -0.4 is 0 Å². The van der Waals surface area contributed by atoms with Crippen molar-refractivity contribution in [3.63, 3.8) is 0 Å². The topological polar surface area (TPSA) is 23.5 Å². The largest absolute Gasteiger partial charge is 0.388 e. The molecule has 17 heavy (non-hydrogen) atoms. The van der Waals surface area contributed by atoms with E-state index < -0.39 is 0 Å². The number of fused-ring (bicyclic) bond motifs is 4. The molecule has 0 spiro atoms. The van der Waals surface area contributed by atoms with Crippen LogP contribution in [0.15, 0.2) is 24.3 Å². The Morgan fingerprint density at radius 1 is 1.35 bits per heavy atom. The fraction of sp³-hybridized carbons (Fsp3) is 0.600. The number of likely N-dealkylation sites (tertiary alicyclic amines) is 1. The molecule has 0 radical (unpaired) electrons. The molecule has 1 saturated heterocycles. The Hall–Kier alpha value is -0.860. The van der Waals surface area contributed by atoms with Crippen molar-refractivity contribution in [3.8, 4) is 0 Å². The predicted molar refractivity (Wildman–Crippen MR) is 69.0 cm³/mol. The third-order valence-electron chi connectivity index (χ3n) is 4.68. The van der Waals surface area contributed by atoms with Crippen LogP contribution in [0.5, 0.6) is 0 Å². The number of nitrogens with zero attached hydrogens (tertiary/aromatic N) is 1. The Kier molecular flexibility index (Phi) is 2.53. The zero-order chi connectivity index (χ0) is 12.0. The van der Waals surface area contributed by atoms with Gasteiger partial charge in [-0.15, -0.1) is 0 Å². The third-order valence-corrected chi connectivity index (χ3v) is 4.68. The maximum absolute atomic E-state index is 10.5. The van der Waals surface area contributed by atoms with Crippen molar-refractivity contribution >= 4 is 0 Å². The number of rotatable bonds is 0. The molecule has 92 valence electrons. The second-order valence-electron chi connectivity index (χ2n) is 6.07. The van der Waals surface area contributed by atoms with Crippen LogP contribution in [-0.2, 0) is 5.41 Å². The molecule has 1 heterocycles. The number of benzene rings is 1. The fourth-order valence-electron chi connectivity index (χ4n) is 3.69. The monoisotopic (exact) mass is 231 g/mol. The first-order valence-corrected chi connectivity index (χ1v) is 6.56. The molecule has 2 heteroatoms. The van der Waals surface area contributed by atoms with E-state index in [0.717, 1.165) is 19.5 Å². The summed E-state index contributed by atoms with van der Waals surface area (Å²) < 4.78 is 0. The summed E-state index contributed by atoms with van der Waals surface area (Å²) in [6.45, 7) is 4.52. The van der Waals surface area contributed by atoms with Gasteiger partial charge in [-0.3, -0.25) is 0 Å². The van der Waals surface area contributed by atoms with E-state index in [0.29, 0.717) is 5.92 Å². The molecule has 2 bridgehead atoms. The molecule has 0 amide bonds. The molecule has 2 aliphatic rings. The molecular weight excluding hydrogens is 210 g/mol. The molecule has 0 saturated carbocycles. The maximum atomic E-state index is 10.5. The summed E-state index contributed by atoms with van der Waals surface area (Å²) in [7, 11) is 2.17. The normalized spacial score (nSPS) is 37.4. The molecule has 3 unspecified atom stereocenters. The summed E-state index contributed by atoms with van der Waals surface area (Å²) in [6, 6.07) is 8.47. The van der Waals surface area contributed by atoms with Gasteiger partial charge in [-0.25, -0.2) is 0 Å². The third kappa shape index (κ3) is 1.71. The van der Waals surface area contributed by atoms with Crippen molar-refractivity contribution in [2.75, 3.05) is 20.1 Å². The van der Waals surface area contributed by atoms with Gasteiger partial charge in [0, 0.05) is 12.5 Å². The quantitative estimate of drug-likeness (QED) is 0.741. The van der Waals surface area contributed by atoms with Gasteiger partial charge in [-0.1, -0.05) is 31.2 Å². The van der Waals surface area contributed by atoms with Gasteiger partial charge in [0.15, 0.2) is 0 Å². The van der Waals surface area contributed by atoms with Gasteiger partial charge < -0.3 is 10.0 Å². The van der Waals surface area contributed by atoms with Gasteiger partial charge in [-0.05, 0) is 43.0 Å². The lowest BCUT2D eigenvalue weighted by molar-refractivity contribution is 0.0672. The number of hydrogen-bond acceptors (Lipinski definition) is 2. The van der Waals surface area contributed by atoms with Crippen molar-refractivity contribution in [2.45, 2.75) is 31.3 Å². The number of hydrogen-bond donors (Lipinski definition) is 1. The van der Waals surface area contributed by atoms with Crippen molar-refractivity contribution in [1.82, 2.24) is 4.90 Å². The minimum Gasteiger partial charge on any atom is -0.388 e. The van der Waals surface area contributed by atoms with Crippen LogP contribution in [-0.4, -0.2) is 30.1 Å². The summed E-state index contributed by atoms with van der Waals surface area (Å²) >= 11 is 0. The average molecular weight is 231 g/mol. The summed E-state index contributed by atoms with van der Waals surface area (Å²) in [5, 5.41) is 10.5. The van der Waals surface area contributed by atoms with Crippen molar-refractivity contribution in [1.29, 1.82) is 0 Å². The fourth-order valence-corrected chi connectivity index (χ4v) is 3.69. The van der Waals surface area contributed by atoms with Gasteiger partial charge in [0.2, 0.25) is 0 Å². The van der Waals surface area contributed by atoms with Gasteiger partial charge in [0.1, 0.15) is 0 Å². The lowest BCUT2D eigenvalue weighted by Crippen LogP contribution is -2.35. The zero-order valence-electron chi connectivity index (χ0n) is 10.7. The van der Waals surface area contributed by atoms with Crippen molar-refractivity contribution in [3.05, 3.63) is 35.4 Å². The number of aliphatic hydroxyl groups is 1. The Morgan fingerprint density at radius 2 is 2.12 bits per heavy atom. The van der Waals surface area contributed by atoms with Crippen LogP contribution in [0.4, 0.5) is 0 Å². The minimum absolute atomic E-state index is 0.255. The molecule has 1 aliphatic heterocycles. The molecule has 2 nitrogen and oxygen atoms in total. The molecule has 1 aromatic carbocycles. The standard InChI is InChI=1S/C15H21NO/c1-15-7-8-16(2)10-11(9-15)14(17)12-5-3-4-6-13(12)15/h3-6,11,14,17H,7-10H2,1-2H3. The molecule has 3 rings (SSSR count). The van der Waals surface area contributed by atoms with Crippen LogP contribution in [0.2, 0.25) is 0 Å². The van der Waals surface area contributed by atoms with Crippen molar-refractivity contribution < 1.29 is 5.11 Å². The van der Waals surface area contributed by atoms with E-state index in [-0.39, 0.29) is 11.5 Å². The summed E-state index contributed by atoms with van der Waals surface area (Å²) in [5.74, 6) is 0.391. The molecule has 3 atom stereocenters. The predicted octanol–water partition coefficient (Wildman–Crippen LogP) is 2.33. The summed E-state index contributed by atoms with van der Waals surface area (Å²) in [4.78, 5) is 2.37. The van der Waals surface area contributed by atoms with Gasteiger partial charge >= 0.3 is 0 Å². The van der Waals surface area contributed by atoms with Gasteiger partial charge in [-0.2, -0.15) is 0 Å². The highest BCUT2D eigenvalue weighted by molar-refractivity contribution is 5.39. The van der Waals surface area contributed by atoms with Crippen LogP contribution in [0, 0.1) is 5.92 Å². The van der Waals surface area contributed by atoms with E-state index in [1.54, 1.807) is 0 Å². The van der Waals surface area contributed by atoms with E-state index in [2.05, 4.69) is 37.1 Å². The number of aliphatic hydroxyl groups excluding tert-OH is 1. The lowest BCUT2D eigenvalue weighted by atomic mass is 9.65. The average Bonchev–Trinajstić information content (AvgIpc) is 2.47. The minimum atomic E-state index is -0.278. The van der Waals surface area contributed by atoms with Gasteiger partial charge in [0.25, 0.3) is 0 Å². The first kappa shape index (κ1) is 11.2. The second-order valence-corrected chi connectivity index (χ2v) is 6.07. The van der Waals surface area contributed by atoms with E-state index >= 15 is 0 Å². The molecule has 1 N–H and O–H groups in total. The molecule has 1 aliphatic carbocycles. The highest BCUT2D eigenvalue weighted by Crippen LogP contribution is 2.48. The van der Waals surface area contributed by atoms with Crippen molar-refractivity contribution in [2.24, 2.45) is 5.92 Å². The van der Waals surface area contributed by atoms with E-state index in [4.69, 9.17) is 0 Å². The first-order chi connectivity index (χ1) is 8.10. The van der Waals surface area contributed by atoms with Crippen LogP contribution in [0.1, 0.15) is 37.0 Å². The molecular formula is C15H21NO. The lowest BCUT2D eigenvalue weighted by Gasteiger charge is -2.40. The Balaban J connectivity index is 2.11. The van der Waals surface area contributed by atoms with E-state index in [1.165, 1.54) is 17.5 Å². The zero-order valence-corrected chi connectivity index (χ0v) is 10.7. The summed E-state index contributed by atoms with van der Waals surface area (Å²) in [6.07, 6.45) is 2.04. The van der Waals surface area contributed by atoms with Gasteiger partial charge in [0.05, 0.1) is 6.10 Å². The molecule has 1 fully saturated rings. The van der Waals surface area contributed by atoms with Crippen LogP contribution in [0.3, 0.4) is 0 Å². The Bertz CT molecular complexity index is 431. The Labute approximate surface area is 103 Å². The molecule has 0 aromatic heterocycles. The Morgan fingerprint density at radius 3 is 2.94 bits per heavy atom. The molecule has 1 aromatic rings. The first-order valence-electron chi connectivity index (χ1n) is 6.56. The second kappa shape index (κ2) is 3.82. The van der Waals surface area contributed by atoms with Crippen LogP contribution >= 0.6 is 0 Å².